The van der Waals surface area contributed by atoms with E-state index < -0.39 is 5.60 Å². The fourth-order valence-electron chi connectivity index (χ4n) is 3.80. The highest BCUT2D eigenvalue weighted by Gasteiger charge is 2.32. The minimum absolute atomic E-state index is 0.0309. The van der Waals surface area contributed by atoms with Gasteiger partial charge >= 0.3 is 0 Å². The van der Waals surface area contributed by atoms with Crippen molar-refractivity contribution in [1.29, 1.82) is 0 Å². The van der Waals surface area contributed by atoms with E-state index in [1.807, 2.05) is 6.92 Å². The van der Waals surface area contributed by atoms with E-state index in [0.29, 0.717) is 19.4 Å². The number of fused-ring (bicyclic) bond motifs is 1. The second-order valence-electron chi connectivity index (χ2n) is 7.56. The summed E-state index contributed by atoms with van der Waals surface area (Å²) in [7, 11) is 2.05. The summed E-state index contributed by atoms with van der Waals surface area (Å²) in [6.45, 7) is 4.36. The number of nitrogens with zero attached hydrogens (tertiary/aromatic N) is 2. The Morgan fingerprint density at radius 3 is 2.84 bits per heavy atom. The number of halogens is 1. The smallest absolute Gasteiger partial charge is 0.241 e. The Morgan fingerprint density at radius 1 is 1.40 bits per heavy atom. The number of aryl methyl sites for hydroxylation is 1. The molecule has 25 heavy (non-hydrogen) atoms. The maximum absolute atomic E-state index is 13.5. The summed E-state index contributed by atoms with van der Waals surface area (Å²) in [6, 6.07) is 4.73. The van der Waals surface area contributed by atoms with Crippen LogP contribution in [0.1, 0.15) is 31.7 Å². The van der Waals surface area contributed by atoms with Gasteiger partial charge in [0.1, 0.15) is 5.82 Å². The zero-order valence-corrected chi connectivity index (χ0v) is 15.1. The lowest BCUT2D eigenvalue weighted by Gasteiger charge is -2.38. The van der Waals surface area contributed by atoms with Crippen LogP contribution in [0.5, 0.6) is 0 Å². The monoisotopic (exact) mass is 349 g/mol. The lowest BCUT2D eigenvalue weighted by atomic mass is 9.91. The second kappa shape index (κ2) is 7.40. The molecule has 0 aliphatic carbocycles. The van der Waals surface area contributed by atoms with Gasteiger partial charge in [0.25, 0.3) is 0 Å². The molecule has 1 fully saturated rings. The number of rotatable bonds is 4. The first kappa shape index (κ1) is 18.3. The molecule has 2 aliphatic rings. The van der Waals surface area contributed by atoms with Crippen molar-refractivity contribution >= 4 is 11.6 Å². The van der Waals surface area contributed by atoms with Crippen molar-refractivity contribution < 1.29 is 14.3 Å². The third-order valence-corrected chi connectivity index (χ3v) is 5.49. The molecule has 3 rings (SSSR count). The predicted octanol–water partition coefficient (Wildman–Crippen LogP) is 1.54. The molecule has 1 atom stereocenters. The first-order valence-electron chi connectivity index (χ1n) is 9.10. The summed E-state index contributed by atoms with van der Waals surface area (Å²) < 4.78 is 13.5. The molecule has 0 saturated carbocycles. The summed E-state index contributed by atoms with van der Waals surface area (Å²) in [6.07, 6.45) is 3.05. The normalized spacial score (nSPS) is 23.4. The number of amides is 1. The van der Waals surface area contributed by atoms with Crippen molar-refractivity contribution in [3.05, 3.63) is 29.6 Å². The largest absolute Gasteiger partial charge is 0.388 e. The topological polar surface area (TPSA) is 55.8 Å². The van der Waals surface area contributed by atoms with Crippen molar-refractivity contribution in [1.82, 2.24) is 10.2 Å². The van der Waals surface area contributed by atoms with Gasteiger partial charge in [-0.1, -0.05) is 0 Å². The maximum atomic E-state index is 13.5. The van der Waals surface area contributed by atoms with Crippen molar-refractivity contribution in [3.63, 3.8) is 0 Å². The second-order valence-corrected chi connectivity index (χ2v) is 7.56. The van der Waals surface area contributed by atoms with Crippen molar-refractivity contribution in [2.75, 3.05) is 38.1 Å². The molecule has 0 spiro atoms. The van der Waals surface area contributed by atoms with E-state index in [0.717, 1.165) is 37.2 Å². The molecule has 1 saturated heterocycles. The Labute approximate surface area is 148 Å². The molecule has 2 N–H and O–H groups in total. The van der Waals surface area contributed by atoms with Gasteiger partial charge in [0.15, 0.2) is 0 Å². The molecule has 0 bridgehead atoms. The molecule has 6 heteroatoms. The Morgan fingerprint density at radius 2 is 2.12 bits per heavy atom. The van der Waals surface area contributed by atoms with Gasteiger partial charge in [-0.25, -0.2) is 4.39 Å². The summed E-state index contributed by atoms with van der Waals surface area (Å²) in [4.78, 5) is 16.7. The average molecular weight is 349 g/mol. The van der Waals surface area contributed by atoms with Gasteiger partial charge in [-0.2, -0.15) is 0 Å². The Hall–Kier alpha value is -1.50. The average Bonchev–Trinajstić information content (AvgIpc) is 2.58. The molecule has 2 aliphatic heterocycles. The van der Waals surface area contributed by atoms with Crippen molar-refractivity contribution in [3.8, 4) is 0 Å². The fraction of sp³-hybridized carbons (Fsp3) is 0.632. The zero-order chi connectivity index (χ0) is 18.0. The SMILES string of the molecule is CC1CCc2cc(F)ccc2N1C(=O)CNCC1(O)CCN(C)CC1. The van der Waals surface area contributed by atoms with E-state index in [-0.39, 0.29) is 24.3 Å². The van der Waals surface area contributed by atoms with Crippen LogP contribution in [0.15, 0.2) is 18.2 Å². The third kappa shape index (κ3) is 4.19. The third-order valence-electron chi connectivity index (χ3n) is 5.49. The Balaban J connectivity index is 1.60. The van der Waals surface area contributed by atoms with Crippen LogP contribution in [-0.2, 0) is 11.2 Å². The first-order valence-corrected chi connectivity index (χ1v) is 9.10. The minimum atomic E-state index is -0.735. The molecule has 0 aromatic heterocycles. The van der Waals surface area contributed by atoms with Gasteiger partial charge in [-0.05, 0) is 63.4 Å². The molecule has 1 aromatic carbocycles. The molecule has 1 aromatic rings. The number of carbonyl (C=O) groups is 1. The van der Waals surface area contributed by atoms with Gasteiger partial charge in [-0.3, -0.25) is 4.79 Å². The van der Waals surface area contributed by atoms with Crippen LogP contribution in [-0.4, -0.2) is 60.8 Å². The molecule has 2 heterocycles. The van der Waals surface area contributed by atoms with E-state index in [9.17, 15) is 14.3 Å². The number of benzene rings is 1. The molecule has 1 amide bonds. The number of likely N-dealkylation sites (tertiary alicyclic amines) is 1. The van der Waals surface area contributed by atoms with Gasteiger partial charge in [-0.15, -0.1) is 0 Å². The summed E-state index contributed by atoms with van der Waals surface area (Å²) in [5.41, 5.74) is 0.965. The quantitative estimate of drug-likeness (QED) is 0.866. The van der Waals surface area contributed by atoms with Crippen LogP contribution in [0, 0.1) is 5.82 Å². The van der Waals surface area contributed by atoms with Gasteiger partial charge in [0.2, 0.25) is 5.91 Å². The van der Waals surface area contributed by atoms with Gasteiger partial charge in [0, 0.05) is 31.4 Å². The molecule has 0 radical (unpaired) electrons. The van der Waals surface area contributed by atoms with Crippen molar-refractivity contribution in [2.24, 2.45) is 0 Å². The van der Waals surface area contributed by atoms with Crippen LogP contribution in [0.2, 0.25) is 0 Å². The molecular weight excluding hydrogens is 321 g/mol. The summed E-state index contributed by atoms with van der Waals surface area (Å²) in [5.74, 6) is -0.292. The number of hydrogen-bond acceptors (Lipinski definition) is 4. The number of hydrogen-bond donors (Lipinski definition) is 2. The highest BCUT2D eigenvalue weighted by Crippen LogP contribution is 2.31. The van der Waals surface area contributed by atoms with Crippen LogP contribution < -0.4 is 10.2 Å². The van der Waals surface area contributed by atoms with E-state index in [4.69, 9.17) is 0 Å². The Bertz CT molecular complexity index is 629. The van der Waals surface area contributed by atoms with Crippen molar-refractivity contribution in [2.45, 2.75) is 44.2 Å². The van der Waals surface area contributed by atoms with Crippen LogP contribution in [0.3, 0.4) is 0 Å². The minimum Gasteiger partial charge on any atom is -0.388 e. The fourth-order valence-corrected chi connectivity index (χ4v) is 3.80. The van der Waals surface area contributed by atoms with E-state index in [1.54, 1.807) is 11.0 Å². The highest BCUT2D eigenvalue weighted by atomic mass is 19.1. The van der Waals surface area contributed by atoms with E-state index in [2.05, 4.69) is 17.3 Å². The maximum Gasteiger partial charge on any atom is 0.241 e. The molecule has 5 nitrogen and oxygen atoms in total. The number of carbonyl (C=O) groups excluding carboxylic acids is 1. The number of piperidine rings is 1. The first-order chi connectivity index (χ1) is 11.9. The number of aliphatic hydroxyl groups is 1. The zero-order valence-electron chi connectivity index (χ0n) is 15.1. The highest BCUT2D eigenvalue weighted by molar-refractivity contribution is 5.96. The molecule has 1 unspecified atom stereocenters. The predicted molar refractivity (Wildman–Crippen MR) is 96.2 cm³/mol. The standard InChI is InChI=1S/C19H28FN3O2/c1-14-3-4-15-11-16(20)5-6-17(15)23(14)18(24)12-21-13-19(25)7-9-22(2)10-8-19/h5-6,11,14,21,25H,3-4,7-10,12-13H2,1-2H3. The Kier molecular flexibility index (Phi) is 5.41. The molecular formula is C19H28FN3O2. The van der Waals surface area contributed by atoms with E-state index >= 15 is 0 Å². The molecule has 138 valence electrons. The lowest BCUT2D eigenvalue weighted by Crippen LogP contribution is -2.52. The van der Waals surface area contributed by atoms with Crippen LogP contribution >= 0.6 is 0 Å². The number of nitrogens with one attached hydrogen (secondary N) is 1. The van der Waals surface area contributed by atoms with E-state index in [1.165, 1.54) is 12.1 Å². The van der Waals surface area contributed by atoms with Crippen LogP contribution in [0.4, 0.5) is 10.1 Å². The lowest BCUT2D eigenvalue weighted by molar-refractivity contribution is -0.118. The summed E-state index contributed by atoms with van der Waals surface area (Å²) >= 11 is 0. The van der Waals surface area contributed by atoms with Crippen LogP contribution in [0.25, 0.3) is 0 Å². The summed E-state index contributed by atoms with van der Waals surface area (Å²) in [5, 5.41) is 13.7. The number of anilines is 1. The van der Waals surface area contributed by atoms with Gasteiger partial charge < -0.3 is 20.2 Å². The van der Waals surface area contributed by atoms with Gasteiger partial charge in [0.05, 0.1) is 12.1 Å².